The summed E-state index contributed by atoms with van der Waals surface area (Å²) in [6.45, 7) is 4.37. The third kappa shape index (κ3) is 2.76. The third-order valence-electron chi connectivity index (χ3n) is 3.18. The van der Waals surface area contributed by atoms with Crippen molar-refractivity contribution in [3.8, 4) is 11.5 Å². The Hall–Kier alpha value is -1.66. The topological polar surface area (TPSA) is 56.3 Å². The van der Waals surface area contributed by atoms with Crippen molar-refractivity contribution in [1.29, 1.82) is 0 Å². The smallest absolute Gasteiger partial charge is 0.161 e. The van der Waals surface area contributed by atoms with E-state index >= 15 is 0 Å². The number of hydrogen-bond donors (Lipinski definition) is 1. The van der Waals surface area contributed by atoms with Crippen LogP contribution in [0.1, 0.15) is 29.8 Å². The van der Waals surface area contributed by atoms with Crippen LogP contribution < -0.4 is 14.8 Å². The van der Waals surface area contributed by atoms with Crippen molar-refractivity contribution in [2.75, 3.05) is 19.8 Å². The minimum absolute atomic E-state index is 0.0946. The van der Waals surface area contributed by atoms with Gasteiger partial charge in [-0.3, -0.25) is 0 Å². The van der Waals surface area contributed by atoms with Crippen molar-refractivity contribution < 1.29 is 9.47 Å². The Morgan fingerprint density at radius 1 is 1.30 bits per heavy atom. The third-order valence-corrected chi connectivity index (χ3v) is 3.90. The Morgan fingerprint density at radius 2 is 2.15 bits per heavy atom. The lowest BCUT2D eigenvalue weighted by Gasteiger charge is -2.17. The standard InChI is InChI=1S/C14H17N3O2S/c1-2-15-14(13-9-16-17-20-13)10-4-5-11-12(8-10)19-7-3-6-18-11/h4-5,8-9,14-15H,2-3,6-7H2,1H3. The predicted molar refractivity (Wildman–Crippen MR) is 77.5 cm³/mol. The molecule has 20 heavy (non-hydrogen) atoms. The van der Waals surface area contributed by atoms with Crippen LogP contribution in [0.4, 0.5) is 0 Å². The van der Waals surface area contributed by atoms with Gasteiger partial charge >= 0.3 is 0 Å². The summed E-state index contributed by atoms with van der Waals surface area (Å²) < 4.78 is 15.4. The van der Waals surface area contributed by atoms with Crippen molar-refractivity contribution >= 4 is 11.5 Å². The van der Waals surface area contributed by atoms with Gasteiger partial charge in [-0.1, -0.05) is 17.5 Å². The molecule has 6 heteroatoms. The first-order valence-corrected chi connectivity index (χ1v) is 7.56. The molecule has 0 saturated carbocycles. The van der Waals surface area contributed by atoms with E-state index in [-0.39, 0.29) is 6.04 Å². The van der Waals surface area contributed by atoms with Gasteiger partial charge in [0.05, 0.1) is 30.3 Å². The van der Waals surface area contributed by atoms with E-state index < -0.39 is 0 Å². The molecule has 1 aliphatic heterocycles. The van der Waals surface area contributed by atoms with Gasteiger partial charge in [0, 0.05) is 6.42 Å². The van der Waals surface area contributed by atoms with Gasteiger partial charge in [0.15, 0.2) is 11.5 Å². The maximum Gasteiger partial charge on any atom is 0.161 e. The van der Waals surface area contributed by atoms with Crippen LogP contribution in [-0.2, 0) is 0 Å². The molecule has 1 atom stereocenters. The Morgan fingerprint density at radius 3 is 2.90 bits per heavy atom. The minimum atomic E-state index is 0.0946. The van der Waals surface area contributed by atoms with Gasteiger partial charge in [-0.05, 0) is 35.8 Å². The molecule has 0 aliphatic carbocycles. The molecule has 2 aromatic rings. The van der Waals surface area contributed by atoms with E-state index in [1.165, 1.54) is 11.5 Å². The van der Waals surface area contributed by atoms with Crippen molar-refractivity contribution in [2.24, 2.45) is 0 Å². The van der Waals surface area contributed by atoms with E-state index in [0.29, 0.717) is 13.2 Å². The molecule has 0 radical (unpaired) electrons. The van der Waals surface area contributed by atoms with Gasteiger partial charge in [-0.15, -0.1) is 5.10 Å². The van der Waals surface area contributed by atoms with Crippen molar-refractivity contribution in [3.05, 3.63) is 34.8 Å². The Bertz CT molecular complexity index is 560. The van der Waals surface area contributed by atoms with E-state index in [4.69, 9.17) is 9.47 Å². The second-order valence-electron chi connectivity index (χ2n) is 4.57. The fourth-order valence-corrected chi connectivity index (χ4v) is 2.86. The number of nitrogens with one attached hydrogen (secondary N) is 1. The number of hydrogen-bond acceptors (Lipinski definition) is 6. The first-order valence-electron chi connectivity index (χ1n) is 6.78. The molecule has 5 nitrogen and oxygen atoms in total. The number of nitrogens with zero attached hydrogens (tertiary/aromatic N) is 2. The van der Waals surface area contributed by atoms with Gasteiger partial charge in [0.25, 0.3) is 0 Å². The van der Waals surface area contributed by atoms with Gasteiger partial charge < -0.3 is 14.8 Å². The summed E-state index contributed by atoms with van der Waals surface area (Å²) in [5.74, 6) is 1.64. The van der Waals surface area contributed by atoms with Crippen LogP contribution in [0.15, 0.2) is 24.4 Å². The molecule has 1 unspecified atom stereocenters. The molecule has 106 valence electrons. The maximum atomic E-state index is 5.75. The summed E-state index contributed by atoms with van der Waals surface area (Å²) >= 11 is 1.41. The lowest BCUT2D eigenvalue weighted by molar-refractivity contribution is 0.297. The highest BCUT2D eigenvalue weighted by molar-refractivity contribution is 7.05. The summed E-state index contributed by atoms with van der Waals surface area (Å²) in [5.41, 5.74) is 1.14. The molecule has 0 amide bonds. The Labute approximate surface area is 122 Å². The lowest BCUT2D eigenvalue weighted by Crippen LogP contribution is -2.21. The largest absolute Gasteiger partial charge is 0.490 e. The second kappa shape index (κ2) is 6.19. The second-order valence-corrected chi connectivity index (χ2v) is 5.38. The zero-order valence-electron chi connectivity index (χ0n) is 11.3. The highest BCUT2D eigenvalue weighted by Crippen LogP contribution is 2.34. The summed E-state index contributed by atoms with van der Waals surface area (Å²) in [6.07, 6.45) is 2.72. The molecular formula is C14H17N3O2S. The van der Waals surface area contributed by atoms with Crippen molar-refractivity contribution in [2.45, 2.75) is 19.4 Å². The van der Waals surface area contributed by atoms with E-state index in [0.717, 1.165) is 34.9 Å². The average molecular weight is 291 g/mol. The Kier molecular flexibility index (Phi) is 4.13. The van der Waals surface area contributed by atoms with Gasteiger partial charge in [-0.25, -0.2) is 0 Å². The molecule has 0 spiro atoms. The van der Waals surface area contributed by atoms with E-state index in [1.54, 1.807) is 6.20 Å². The van der Waals surface area contributed by atoms with E-state index in [9.17, 15) is 0 Å². The molecule has 1 aromatic carbocycles. The highest BCUT2D eigenvalue weighted by atomic mass is 32.1. The number of rotatable bonds is 4. The Balaban J connectivity index is 1.93. The van der Waals surface area contributed by atoms with Crippen molar-refractivity contribution in [3.63, 3.8) is 0 Å². The molecule has 1 N–H and O–H groups in total. The highest BCUT2D eigenvalue weighted by Gasteiger charge is 2.18. The van der Waals surface area contributed by atoms with Crippen LogP contribution in [0.2, 0.25) is 0 Å². The SMILES string of the molecule is CCNC(c1ccc2c(c1)OCCCO2)c1cnns1. The van der Waals surface area contributed by atoms with E-state index in [2.05, 4.69) is 27.9 Å². The number of aromatic nitrogens is 2. The zero-order valence-corrected chi connectivity index (χ0v) is 12.2. The quantitative estimate of drug-likeness (QED) is 0.937. The molecule has 1 aliphatic rings. The van der Waals surface area contributed by atoms with Gasteiger partial charge in [-0.2, -0.15) is 0 Å². The van der Waals surface area contributed by atoms with Gasteiger partial charge in [0.2, 0.25) is 0 Å². The lowest BCUT2D eigenvalue weighted by atomic mass is 10.1. The van der Waals surface area contributed by atoms with Crippen LogP contribution in [0.3, 0.4) is 0 Å². The van der Waals surface area contributed by atoms with Crippen LogP contribution in [0.5, 0.6) is 11.5 Å². The summed E-state index contributed by atoms with van der Waals surface area (Å²) in [7, 11) is 0. The predicted octanol–water partition coefficient (Wildman–Crippen LogP) is 2.40. The molecule has 3 rings (SSSR count). The molecule has 2 heterocycles. The van der Waals surface area contributed by atoms with Crippen molar-refractivity contribution in [1.82, 2.24) is 14.9 Å². The number of fused-ring (bicyclic) bond motifs is 1. The van der Waals surface area contributed by atoms with Gasteiger partial charge in [0.1, 0.15) is 0 Å². The van der Waals surface area contributed by atoms with Crippen LogP contribution in [-0.4, -0.2) is 29.3 Å². The monoisotopic (exact) mass is 291 g/mol. The first-order chi connectivity index (χ1) is 9.88. The maximum absolute atomic E-state index is 5.75. The fourth-order valence-electron chi connectivity index (χ4n) is 2.25. The summed E-state index contributed by atoms with van der Waals surface area (Å²) in [6, 6.07) is 6.19. The molecule has 0 fully saturated rings. The number of ether oxygens (including phenoxy) is 2. The fraction of sp³-hybridized carbons (Fsp3) is 0.429. The summed E-state index contributed by atoms with van der Waals surface area (Å²) in [5, 5.41) is 7.38. The molecule has 1 aromatic heterocycles. The average Bonchev–Trinajstić information content (AvgIpc) is 2.89. The number of benzene rings is 1. The summed E-state index contributed by atoms with van der Waals surface area (Å²) in [4.78, 5) is 1.10. The molecule has 0 bridgehead atoms. The molecular weight excluding hydrogens is 274 g/mol. The zero-order chi connectivity index (χ0) is 13.8. The van der Waals surface area contributed by atoms with Crippen LogP contribution in [0.25, 0.3) is 0 Å². The first kappa shape index (κ1) is 13.3. The molecule has 0 saturated heterocycles. The van der Waals surface area contributed by atoms with Crippen LogP contribution in [0, 0.1) is 0 Å². The van der Waals surface area contributed by atoms with E-state index in [1.807, 2.05) is 12.1 Å². The minimum Gasteiger partial charge on any atom is -0.490 e. The normalized spacial score (nSPS) is 15.7. The van der Waals surface area contributed by atoms with Crippen LogP contribution >= 0.6 is 11.5 Å².